The van der Waals surface area contributed by atoms with E-state index in [0.717, 1.165) is 5.56 Å². The van der Waals surface area contributed by atoms with Gasteiger partial charge in [0.2, 0.25) is 5.91 Å². The van der Waals surface area contributed by atoms with E-state index in [-0.39, 0.29) is 5.91 Å². The standard InChI is InChI=1S/C14H12ClNO2/c15-12-5-3-11(4-6-12)10-16-14(17)8-7-13-2-1-9-18-13/h1-9H,10H2,(H,16,17)/b8-7+. The fraction of sp³-hybridized carbons (Fsp3) is 0.0714. The van der Waals surface area contributed by atoms with E-state index >= 15 is 0 Å². The number of furan rings is 1. The van der Waals surface area contributed by atoms with Gasteiger partial charge >= 0.3 is 0 Å². The van der Waals surface area contributed by atoms with E-state index in [0.29, 0.717) is 17.3 Å². The summed E-state index contributed by atoms with van der Waals surface area (Å²) in [5, 5.41) is 3.45. The lowest BCUT2D eigenvalue weighted by atomic mass is 10.2. The first-order valence-corrected chi connectivity index (χ1v) is 5.86. The number of hydrogen-bond donors (Lipinski definition) is 1. The van der Waals surface area contributed by atoms with E-state index < -0.39 is 0 Å². The summed E-state index contributed by atoms with van der Waals surface area (Å²) in [4.78, 5) is 11.5. The van der Waals surface area contributed by atoms with E-state index in [1.807, 2.05) is 12.1 Å². The highest BCUT2D eigenvalue weighted by atomic mass is 35.5. The second-order valence-electron chi connectivity index (χ2n) is 3.69. The number of benzene rings is 1. The molecule has 0 atom stereocenters. The molecule has 1 aromatic carbocycles. The molecule has 0 spiro atoms. The van der Waals surface area contributed by atoms with Gasteiger partial charge in [-0.15, -0.1) is 0 Å². The first-order chi connectivity index (χ1) is 8.74. The number of carbonyl (C=O) groups is 1. The van der Waals surface area contributed by atoms with Gasteiger partial charge in [-0.1, -0.05) is 23.7 Å². The van der Waals surface area contributed by atoms with Crippen LogP contribution in [0.2, 0.25) is 5.02 Å². The van der Waals surface area contributed by atoms with Gasteiger partial charge < -0.3 is 9.73 Å². The van der Waals surface area contributed by atoms with Crippen molar-refractivity contribution in [2.24, 2.45) is 0 Å². The molecular weight excluding hydrogens is 250 g/mol. The molecule has 1 heterocycles. The van der Waals surface area contributed by atoms with Crippen LogP contribution in [0.5, 0.6) is 0 Å². The summed E-state index contributed by atoms with van der Waals surface area (Å²) < 4.78 is 5.08. The van der Waals surface area contributed by atoms with Gasteiger partial charge in [0.1, 0.15) is 5.76 Å². The van der Waals surface area contributed by atoms with Crippen molar-refractivity contribution in [2.75, 3.05) is 0 Å². The summed E-state index contributed by atoms with van der Waals surface area (Å²) in [5.74, 6) is 0.484. The molecule has 0 bridgehead atoms. The van der Waals surface area contributed by atoms with Crippen molar-refractivity contribution in [3.63, 3.8) is 0 Å². The number of rotatable bonds is 4. The molecule has 0 unspecified atom stereocenters. The van der Waals surface area contributed by atoms with Crippen LogP contribution in [0.15, 0.2) is 53.2 Å². The number of halogens is 1. The Balaban J connectivity index is 1.83. The van der Waals surface area contributed by atoms with Crippen LogP contribution >= 0.6 is 11.6 Å². The van der Waals surface area contributed by atoms with Crippen molar-refractivity contribution in [3.05, 3.63) is 65.1 Å². The number of nitrogens with one attached hydrogen (secondary N) is 1. The van der Waals surface area contributed by atoms with Crippen LogP contribution in [0.4, 0.5) is 0 Å². The van der Waals surface area contributed by atoms with Gasteiger partial charge in [0.15, 0.2) is 0 Å². The maximum absolute atomic E-state index is 11.5. The van der Waals surface area contributed by atoms with Crippen molar-refractivity contribution in [3.8, 4) is 0 Å². The molecule has 0 fully saturated rings. The van der Waals surface area contributed by atoms with Gasteiger partial charge in [-0.2, -0.15) is 0 Å². The predicted octanol–water partition coefficient (Wildman–Crippen LogP) is 3.26. The highest BCUT2D eigenvalue weighted by Gasteiger charge is 1.97. The Hall–Kier alpha value is -2.00. The van der Waals surface area contributed by atoms with E-state index in [4.69, 9.17) is 16.0 Å². The summed E-state index contributed by atoms with van der Waals surface area (Å²) in [7, 11) is 0. The topological polar surface area (TPSA) is 42.2 Å². The molecule has 2 aromatic rings. The Morgan fingerprint density at radius 2 is 2.06 bits per heavy atom. The van der Waals surface area contributed by atoms with Crippen molar-refractivity contribution >= 4 is 23.6 Å². The Morgan fingerprint density at radius 1 is 1.28 bits per heavy atom. The summed E-state index contributed by atoms with van der Waals surface area (Å²) in [6.07, 6.45) is 4.62. The highest BCUT2D eigenvalue weighted by Crippen LogP contribution is 2.09. The minimum absolute atomic E-state index is 0.165. The largest absolute Gasteiger partial charge is 0.465 e. The molecule has 4 heteroatoms. The quantitative estimate of drug-likeness (QED) is 0.859. The maximum atomic E-state index is 11.5. The molecule has 92 valence electrons. The summed E-state index contributed by atoms with van der Waals surface area (Å²) in [6.45, 7) is 0.471. The van der Waals surface area contributed by atoms with Crippen LogP contribution in [0.25, 0.3) is 6.08 Å². The first-order valence-electron chi connectivity index (χ1n) is 5.48. The molecule has 1 N–H and O–H groups in total. The van der Waals surface area contributed by atoms with Gasteiger partial charge in [0.05, 0.1) is 6.26 Å². The minimum atomic E-state index is -0.165. The maximum Gasteiger partial charge on any atom is 0.244 e. The van der Waals surface area contributed by atoms with Crippen LogP contribution in [0.3, 0.4) is 0 Å². The van der Waals surface area contributed by atoms with E-state index in [9.17, 15) is 4.79 Å². The zero-order valence-electron chi connectivity index (χ0n) is 9.60. The number of carbonyl (C=O) groups excluding carboxylic acids is 1. The molecule has 0 aliphatic rings. The molecule has 0 radical (unpaired) electrons. The van der Waals surface area contributed by atoms with Crippen LogP contribution in [-0.4, -0.2) is 5.91 Å². The third kappa shape index (κ3) is 3.79. The molecule has 2 rings (SSSR count). The van der Waals surface area contributed by atoms with Crippen LogP contribution in [0, 0.1) is 0 Å². The normalized spacial score (nSPS) is 10.7. The third-order valence-corrected chi connectivity index (χ3v) is 2.57. The average molecular weight is 262 g/mol. The Labute approximate surface area is 110 Å². The first kappa shape index (κ1) is 12.5. The lowest BCUT2D eigenvalue weighted by molar-refractivity contribution is -0.116. The van der Waals surface area contributed by atoms with Gasteiger partial charge in [0.25, 0.3) is 0 Å². The summed E-state index contributed by atoms with van der Waals surface area (Å²) >= 11 is 5.77. The van der Waals surface area contributed by atoms with Crippen LogP contribution < -0.4 is 5.32 Å². The molecule has 0 aliphatic carbocycles. The van der Waals surface area contributed by atoms with E-state index in [2.05, 4.69) is 5.32 Å². The fourth-order valence-corrected chi connectivity index (χ4v) is 1.52. The van der Waals surface area contributed by atoms with Gasteiger partial charge in [0, 0.05) is 17.6 Å². The summed E-state index contributed by atoms with van der Waals surface area (Å²) in [6, 6.07) is 10.9. The Morgan fingerprint density at radius 3 is 2.72 bits per heavy atom. The van der Waals surface area contributed by atoms with Gasteiger partial charge in [-0.25, -0.2) is 0 Å². The third-order valence-electron chi connectivity index (χ3n) is 2.32. The zero-order chi connectivity index (χ0) is 12.8. The summed E-state index contributed by atoms with van der Waals surface area (Å²) in [5.41, 5.74) is 0.999. The minimum Gasteiger partial charge on any atom is -0.465 e. The van der Waals surface area contributed by atoms with E-state index in [1.165, 1.54) is 6.08 Å². The average Bonchev–Trinajstić information content (AvgIpc) is 2.89. The predicted molar refractivity (Wildman–Crippen MR) is 71.0 cm³/mol. The molecule has 1 aromatic heterocycles. The number of hydrogen-bond acceptors (Lipinski definition) is 2. The molecule has 1 amide bonds. The Kier molecular flexibility index (Phi) is 4.20. The SMILES string of the molecule is O=C(/C=C/c1ccco1)NCc1ccc(Cl)cc1. The molecule has 0 saturated heterocycles. The molecular formula is C14H12ClNO2. The highest BCUT2D eigenvalue weighted by molar-refractivity contribution is 6.30. The zero-order valence-corrected chi connectivity index (χ0v) is 10.4. The molecule has 3 nitrogen and oxygen atoms in total. The van der Waals surface area contributed by atoms with Gasteiger partial charge in [-0.3, -0.25) is 4.79 Å². The lowest BCUT2D eigenvalue weighted by Crippen LogP contribution is -2.20. The second-order valence-corrected chi connectivity index (χ2v) is 4.13. The lowest BCUT2D eigenvalue weighted by Gasteiger charge is -2.02. The smallest absolute Gasteiger partial charge is 0.244 e. The van der Waals surface area contributed by atoms with Crippen LogP contribution in [-0.2, 0) is 11.3 Å². The second kappa shape index (κ2) is 6.07. The van der Waals surface area contributed by atoms with E-state index in [1.54, 1.807) is 36.6 Å². The van der Waals surface area contributed by atoms with Gasteiger partial charge in [-0.05, 0) is 35.9 Å². The van der Waals surface area contributed by atoms with Crippen molar-refractivity contribution in [1.29, 1.82) is 0 Å². The van der Waals surface area contributed by atoms with Crippen molar-refractivity contribution in [1.82, 2.24) is 5.32 Å². The molecule has 0 saturated carbocycles. The fourth-order valence-electron chi connectivity index (χ4n) is 1.39. The molecule has 0 aliphatic heterocycles. The van der Waals surface area contributed by atoms with Crippen molar-refractivity contribution < 1.29 is 9.21 Å². The number of amides is 1. The van der Waals surface area contributed by atoms with Crippen molar-refractivity contribution in [2.45, 2.75) is 6.54 Å². The Bertz CT molecular complexity index is 529. The monoisotopic (exact) mass is 261 g/mol. The van der Waals surface area contributed by atoms with Crippen LogP contribution in [0.1, 0.15) is 11.3 Å². The molecule has 18 heavy (non-hydrogen) atoms.